The molecule has 2 N–H and O–H groups in total. The van der Waals surface area contributed by atoms with Gasteiger partial charge in [-0.3, -0.25) is 9.59 Å². The molecule has 124 valence electrons. The van der Waals surface area contributed by atoms with Crippen molar-refractivity contribution in [3.05, 3.63) is 65.5 Å². The molecule has 0 aromatic heterocycles. The summed E-state index contributed by atoms with van der Waals surface area (Å²) in [6.07, 6.45) is 2.95. The van der Waals surface area contributed by atoms with E-state index in [-0.39, 0.29) is 18.2 Å². The average molecular weight is 329 g/mol. The maximum atomic E-state index is 12.9. The van der Waals surface area contributed by atoms with Crippen molar-refractivity contribution in [1.82, 2.24) is 0 Å². The van der Waals surface area contributed by atoms with E-state index in [1.807, 2.05) is 0 Å². The molecule has 0 unspecified atom stereocenters. The van der Waals surface area contributed by atoms with E-state index in [0.29, 0.717) is 22.6 Å². The number of halogens is 1. The van der Waals surface area contributed by atoms with Gasteiger partial charge in [0.2, 0.25) is 0 Å². The maximum absolute atomic E-state index is 12.9. The van der Waals surface area contributed by atoms with E-state index in [0.717, 1.165) is 0 Å². The smallest absolute Gasteiger partial charge is 0.255 e. The molecule has 0 aliphatic heterocycles. The van der Waals surface area contributed by atoms with Crippen molar-refractivity contribution in [3.8, 4) is 11.5 Å². The third-order valence-electron chi connectivity index (χ3n) is 3.12. The number of nitrogens with two attached hydrogens (primary N) is 1. The molecule has 2 rings (SSSR count). The molecule has 24 heavy (non-hydrogen) atoms. The molecule has 0 saturated carbocycles. The molecule has 0 bridgehead atoms. The monoisotopic (exact) mass is 329 g/mol. The van der Waals surface area contributed by atoms with Crippen LogP contribution in [0.3, 0.4) is 0 Å². The summed E-state index contributed by atoms with van der Waals surface area (Å²) in [5.74, 6) is -0.545. The van der Waals surface area contributed by atoms with Crippen LogP contribution in [-0.4, -0.2) is 25.4 Å². The second-order valence-corrected chi connectivity index (χ2v) is 4.87. The summed E-state index contributed by atoms with van der Waals surface area (Å²) in [7, 11) is 1.42. The maximum Gasteiger partial charge on any atom is 0.255 e. The number of ether oxygens (including phenoxy) is 2. The molecule has 6 heteroatoms. The molecular weight excluding hydrogens is 313 g/mol. The van der Waals surface area contributed by atoms with Crippen molar-refractivity contribution in [1.29, 1.82) is 0 Å². The fourth-order valence-electron chi connectivity index (χ4n) is 1.95. The number of methoxy groups -OCH3 is 1. The molecule has 0 atom stereocenters. The van der Waals surface area contributed by atoms with Gasteiger partial charge in [0.1, 0.15) is 17.3 Å². The second-order valence-electron chi connectivity index (χ2n) is 4.87. The molecular formula is C18H16FNO4. The fraction of sp³-hybridized carbons (Fsp3) is 0.111. The first-order valence-electron chi connectivity index (χ1n) is 7.06. The highest BCUT2D eigenvalue weighted by molar-refractivity contribution is 6.08. The van der Waals surface area contributed by atoms with Gasteiger partial charge in [-0.05, 0) is 35.9 Å². The van der Waals surface area contributed by atoms with E-state index in [4.69, 9.17) is 15.2 Å². The summed E-state index contributed by atoms with van der Waals surface area (Å²) >= 11 is 0. The van der Waals surface area contributed by atoms with Gasteiger partial charge in [-0.15, -0.1) is 0 Å². The number of hydrogen-bond acceptors (Lipinski definition) is 4. The van der Waals surface area contributed by atoms with E-state index >= 15 is 0 Å². The van der Waals surface area contributed by atoms with Crippen LogP contribution in [-0.2, 0) is 4.79 Å². The normalized spacial score (nSPS) is 10.6. The minimum Gasteiger partial charge on any atom is -0.496 e. The molecule has 1 amide bonds. The Hall–Kier alpha value is -3.15. The van der Waals surface area contributed by atoms with Gasteiger partial charge >= 0.3 is 0 Å². The zero-order chi connectivity index (χ0) is 17.5. The van der Waals surface area contributed by atoms with Crippen LogP contribution in [0.2, 0.25) is 0 Å². The first-order valence-corrected chi connectivity index (χ1v) is 7.06. The van der Waals surface area contributed by atoms with Crippen LogP contribution in [0.15, 0.2) is 48.5 Å². The molecule has 0 saturated heterocycles. The zero-order valence-corrected chi connectivity index (χ0v) is 13.0. The van der Waals surface area contributed by atoms with Crippen LogP contribution < -0.4 is 15.2 Å². The topological polar surface area (TPSA) is 78.6 Å². The Morgan fingerprint density at radius 2 is 1.88 bits per heavy atom. The number of carbonyl (C=O) groups is 2. The fourth-order valence-corrected chi connectivity index (χ4v) is 1.95. The van der Waals surface area contributed by atoms with Gasteiger partial charge in [-0.1, -0.05) is 18.2 Å². The Morgan fingerprint density at radius 1 is 1.17 bits per heavy atom. The van der Waals surface area contributed by atoms with Crippen LogP contribution in [0.1, 0.15) is 15.9 Å². The lowest BCUT2D eigenvalue weighted by Crippen LogP contribution is -2.20. The number of hydrogen-bond donors (Lipinski definition) is 1. The summed E-state index contributed by atoms with van der Waals surface area (Å²) in [5, 5.41) is 0. The lowest BCUT2D eigenvalue weighted by atomic mass is 10.1. The largest absolute Gasteiger partial charge is 0.496 e. The summed E-state index contributed by atoms with van der Waals surface area (Å²) in [5.41, 5.74) is 6.05. The van der Waals surface area contributed by atoms with Crippen molar-refractivity contribution >= 4 is 17.8 Å². The predicted molar refractivity (Wildman–Crippen MR) is 87.4 cm³/mol. The van der Waals surface area contributed by atoms with Crippen LogP contribution in [0.4, 0.5) is 4.39 Å². The third kappa shape index (κ3) is 4.67. The average Bonchev–Trinajstić information content (AvgIpc) is 2.58. The Morgan fingerprint density at radius 3 is 2.50 bits per heavy atom. The molecule has 0 fully saturated rings. The van der Waals surface area contributed by atoms with Gasteiger partial charge in [0.15, 0.2) is 12.4 Å². The van der Waals surface area contributed by atoms with E-state index in [1.54, 1.807) is 24.3 Å². The highest BCUT2D eigenvalue weighted by atomic mass is 19.1. The number of primary amides is 1. The van der Waals surface area contributed by atoms with E-state index in [2.05, 4.69) is 0 Å². The predicted octanol–water partition coefficient (Wildman–Crippen LogP) is 2.59. The number of rotatable bonds is 7. The van der Waals surface area contributed by atoms with Crippen LogP contribution in [0.5, 0.6) is 11.5 Å². The molecule has 0 aliphatic rings. The quantitative estimate of drug-likeness (QED) is 0.625. The third-order valence-corrected chi connectivity index (χ3v) is 3.12. The van der Waals surface area contributed by atoms with Crippen LogP contribution in [0, 0.1) is 5.82 Å². The van der Waals surface area contributed by atoms with Gasteiger partial charge in [0.05, 0.1) is 12.7 Å². The number of ketones is 1. The SMILES string of the molecule is COc1cc(OCC(N)=O)ccc1C(=O)/C=C/c1ccc(F)cc1. The number of allylic oxidation sites excluding steroid dienone is 1. The molecule has 0 radical (unpaired) electrons. The van der Waals surface area contributed by atoms with Gasteiger partial charge in [-0.2, -0.15) is 0 Å². The molecule has 2 aromatic rings. The van der Waals surface area contributed by atoms with Crippen molar-refractivity contribution in [3.63, 3.8) is 0 Å². The zero-order valence-electron chi connectivity index (χ0n) is 13.0. The Bertz CT molecular complexity index is 769. The van der Waals surface area contributed by atoms with Crippen molar-refractivity contribution < 1.29 is 23.5 Å². The van der Waals surface area contributed by atoms with Gasteiger partial charge in [0.25, 0.3) is 5.91 Å². The first-order chi connectivity index (χ1) is 11.5. The lowest BCUT2D eigenvalue weighted by molar-refractivity contribution is -0.119. The summed E-state index contributed by atoms with van der Waals surface area (Å²) in [6, 6.07) is 10.3. The van der Waals surface area contributed by atoms with Crippen molar-refractivity contribution in [2.24, 2.45) is 5.73 Å². The van der Waals surface area contributed by atoms with Crippen molar-refractivity contribution in [2.75, 3.05) is 13.7 Å². The van der Waals surface area contributed by atoms with Gasteiger partial charge < -0.3 is 15.2 Å². The van der Waals surface area contributed by atoms with E-state index in [9.17, 15) is 14.0 Å². The van der Waals surface area contributed by atoms with Crippen LogP contribution in [0.25, 0.3) is 6.08 Å². The van der Waals surface area contributed by atoms with E-state index in [1.165, 1.54) is 37.5 Å². The van der Waals surface area contributed by atoms with Gasteiger partial charge in [0, 0.05) is 6.07 Å². The Labute approximate surface area is 138 Å². The van der Waals surface area contributed by atoms with Crippen LogP contribution >= 0.6 is 0 Å². The van der Waals surface area contributed by atoms with Gasteiger partial charge in [-0.25, -0.2) is 4.39 Å². The summed E-state index contributed by atoms with van der Waals surface area (Å²) in [6.45, 7) is -0.263. The highest BCUT2D eigenvalue weighted by Gasteiger charge is 2.11. The highest BCUT2D eigenvalue weighted by Crippen LogP contribution is 2.25. The molecule has 0 aliphatic carbocycles. The molecule has 2 aromatic carbocycles. The number of carbonyl (C=O) groups excluding carboxylic acids is 2. The minimum absolute atomic E-state index is 0.263. The number of benzene rings is 2. The lowest BCUT2D eigenvalue weighted by Gasteiger charge is -2.09. The van der Waals surface area contributed by atoms with E-state index < -0.39 is 5.91 Å². The number of amides is 1. The summed E-state index contributed by atoms with van der Waals surface area (Å²) < 4.78 is 23.2. The minimum atomic E-state index is -0.601. The first kappa shape index (κ1) is 17.2. The molecule has 0 heterocycles. The Kier molecular flexibility index (Phi) is 5.68. The second kappa shape index (κ2) is 7.92. The Balaban J connectivity index is 2.16. The standard InChI is InChI=1S/C18H16FNO4/c1-23-17-10-14(24-11-18(20)22)7-8-15(17)16(21)9-4-12-2-5-13(19)6-3-12/h2-10H,11H2,1H3,(H2,20,22)/b9-4+. The summed E-state index contributed by atoms with van der Waals surface area (Å²) in [4.78, 5) is 23.0. The molecule has 0 spiro atoms. The molecule has 5 nitrogen and oxygen atoms in total. The van der Waals surface area contributed by atoms with Crippen molar-refractivity contribution in [2.45, 2.75) is 0 Å².